The quantitative estimate of drug-likeness (QED) is 0.426. The normalized spacial score (nSPS) is 23.1. The van der Waals surface area contributed by atoms with E-state index in [4.69, 9.17) is 33.0 Å². The van der Waals surface area contributed by atoms with Gasteiger partial charge in [-0.05, 0) is 35.9 Å². The number of nitrogens with one attached hydrogen (secondary N) is 1. The van der Waals surface area contributed by atoms with E-state index in [0.717, 1.165) is 21.3 Å². The first-order valence-electron chi connectivity index (χ1n) is 9.69. The van der Waals surface area contributed by atoms with E-state index in [9.17, 15) is 4.79 Å². The van der Waals surface area contributed by atoms with Gasteiger partial charge in [-0.15, -0.1) is 0 Å². The molecular weight excluding hydrogens is 501 g/mol. The van der Waals surface area contributed by atoms with Crippen LogP contribution in [0.25, 0.3) is 0 Å². The smallest absolute Gasteiger partial charge is 0.306 e. The standard InChI is InChI=1S/C23H14BrCl2N3O2/c24-13-6-7-18-16(8-13)23(22(30)27-18)29-20(11-19(28-29)12-4-2-1-3-5-12)15-9-14(25)10-17(26)21(15)31-23/h1-10,20H,11H2,(H,27,30)/t20-,23-/m1/s1. The van der Waals surface area contributed by atoms with Crippen LogP contribution in [0.4, 0.5) is 5.69 Å². The van der Waals surface area contributed by atoms with E-state index in [-0.39, 0.29) is 11.9 Å². The first kappa shape index (κ1) is 19.2. The number of hydrogen-bond acceptors (Lipinski definition) is 4. The first-order valence-corrected chi connectivity index (χ1v) is 11.2. The number of fused-ring (bicyclic) bond motifs is 6. The molecule has 0 radical (unpaired) electrons. The van der Waals surface area contributed by atoms with Gasteiger partial charge in [0.05, 0.1) is 28.0 Å². The lowest BCUT2D eigenvalue weighted by molar-refractivity contribution is -0.161. The number of amides is 1. The largest absolute Gasteiger partial charge is 0.451 e. The molecule has 2 atom stereocenters. The maximum absolute atomic E-state index is 13.5. The maximum atomic E-state index is 13.5. The summed E-state index contributed by atoms with van der Waals surface area (Å²) in [5.41, 5.74) is 2.58. The Morgan fingerprint density at radius 1 is 1.13 bits per heavy atom. The van der Waals surface area contributed by atoms with Crippen molar-refractivity contribution in [3.63, 3.8) is 0 Å². The molecule has 6 rings (SSSR count). The van der Waals surface area contributed by atoms with Crippen LogP contribution in [0, 0.1) is 0 Å². The van der Waals surface area contributed by atoms with Crippen molar-refractivity contribution < 1.29 is 9.53 Å². The molecule has 0 aliphatic carbocycles. The predicted octanol–water partition coefficient (Wildman–Crippen LogP) is 6.10. The van der Waals surface area contributed by atoms with Gasteiger partial charge in [-0.25, -0.2) is 5.01 Å². The van der Waals surface area contributed by atoms with E-state index in [1.807, 2.05) is 54.6 Å². The Bertz CT molecular complexity index is 1300. The van der Waals surface area contributed by atoms with Crippen LogP contribution in [0.1, 0.15) is 29.2 Å². The van der Waals surface area contributed by atoms with E-state index in [2.05, 4.69) is 21.2 Å². The summed E-state index contributed by atoms with van der Waals surface area (Å²) in [5.74, 6) is 0.153. The lowest BCUT2D eigenvalue weighted by Crippen LogP contribution is -2.55. The van der Waals surface area contributed by atoms with E-state index in [0.29, 0.717) is 33.5 Å². The summed E-state index contributed by atoms with van der Waals surface area (Å²) in [5, 5.41) is 10.5. The number of halogens is 3. The topological polar surface area (TPSA) is 53.9 Å². The highest BCUT2D eigenvalue weighted by atomic mass is 79.9. The second-order valence-corrected chi connectivity index (χ2v) is 9.43. The molecule has 1 N–H and O–H groups in total. The minimum atomic E-state index is -1.47. The Balaban J connectivity index is 1.62. The summed E-state index contributed by atoms with van der Waals surface area (Å²) in [6, 6.07) is 18.7. The van der Waals surface area contributed by atoms with Crippen molar-refractivity contribution in [2.75, 3.05) is 5.32 Å². The number of benzene rings is 3. The molecular formula is C23H14BrCl2N3O2. The third kappa shape index (κ3) is 2.68. The van der Waals surface area contributed by atoms with E-state index in [1.54, 1.807) is 11.1 Å². The molecule has 3 aromatic rings. The number of rotatable bonds is 1. The molecule has 3 aliphatic heterocycles. The average molecular weight is 515 g/mol. The van der Waals surface area contributed by atoms with Crippen LogP contribution in [0.15, 0.2) is 70.2 Å². The zero-order chi connectivity index (χ0) is 21.3. The second-order valence-electron chi connectivity index (χ2n) is 7.67. The van der Waals surface area contributed by atoms with E-state index >= 15 is 0 Å². The van der Waals surface area contributed by atoms with Crippen LogP contribution in [0.5, 0.6) is 5.75 Å². The monoisotopic (exact) mass is 513 g/mol. The fraction of sp³-hybridized carbons (Fsp3) is 0.130. The van der Waals surface area contributed by atoms with Crippen LogP contribution in [0.2, 0.25) is 10.0 Å². The predicted molar refractivity (Wildman–Crippen MR) is 124 cm³/mol. The zero-order valence-electron chi connectivity index (χ0n) is 15.9. The molecule has 1 spiro atoms. The SMILES string of the molecule is O=C1Nc2ccc(Br)cc2[C@@]12Oc1c(Cl)cc(Cl)cc1[C@H]1CC(c3ccccc3)=NN12. The summed E-state index contributed by atoms with van der Waals surface area (Å²) >= 11 is 16.4. The number of carbonyl (C=O) groups is 1. The molecule has 3 aliphatic rings. The molecule has 31 heavy (non-hydrogen) atoms. The molecule has 3 heterocycles. The highest BCUT2D eigenvalue weighted by Crippen LogP contribution is 2.56. The zero-order valence-corrected chi connectivity index (χ0v) is 19.0. The molecule has 0 saturated heterocycles. The molecule has 0 saturated carbocycles. The summed E-state index contributed by atoms with van der Waals surface area (Å²) in [6.45, 7) is 0. The Hall–Kier alpha value is -2.54. The van der Waals surface area contributed by atoms with E-state index in [1.165, 1.54) is 0 Å². The lowest BCUT2D eigenvalue weighted by atomic mass is 9.92. The van der Waals surface area contributed by atoms with Gasteiger partial charge in [-0.1, -0.05) is 69.5 Å². The molecule has 0 aromatic heterocycles. The lowest BCUT2D eigenvalue weighted by Gasteiger charge is -2.44. The summed E-state index contributed by atoms with van der Waals surface area (Å²) in [4.78, 5) is 13.5. The Labute approximate surface area is 196 Å². The number of nitrogens with zero attached hydrogens (tertiary/aromatic N) is 2. The van der Waals surface area contributed by atoms with Crippen molar-refractivity contribution in [1.82, 2.24) is 5.01 Å². The number of anilines is 1. The van der Waals surface area contributed by atoms with Crippen molar-refractivity contribution in [2.24, 2.45) is 5.10 Å². The number of hydrogen-bond donors (Lipinski definition) is 1. The highest BCUT2D eigenvalue weighted by molar-refractivity contribution is 9.10. The van der Waals surface area contributed by atoms with Crippen molar-refractivity contribution in [2.45, 2.75) is 18.2 Å². The number of hydrazone groups is 1. The molecule has 154 valence electrons. The van der Waals surface area contributed by atoms with Gasteiger partial charge in [0.15, 0.2) is 0 Å². The second kappa shape index (κ2) is 6.73. The number of ether oxygens (including phenoxy) is 1. The molecule has 0 bridgehead atoms. The summed E-state index contributed by atoms with van der Waals surface area (Å²) in [6.07, 6.45) is 0.593. The third-order valence-electron chi connectivity index (χ3n) is 5.89. The molecule has 5 nitrogen and oxygen atoms in total. The minimum Gasteiger partial charge on any atom is -0.451 e. The third-order valence-corrected chi connectivity index (χ3v) is 6.88. The van der Waals surface area contributed by atoms with Gasteiger partial charge in [0.1, 0.15) is 5.75 Å². The van der Waals surface area contributed by atoms with Gasteiger partial charge in [0.25, 0.3) is 5.91 Å². The Kier molecular flexibility index (Phi) is 4.16. The highest BCUT2D eigenvalue weighted by Gasteiger charge is 2.61. The van der Waals surface area contributed by atoms with Gasteiger partial charge in [0, 0.05) is 21.5 Å². The van der Waals surface area contributed by atoms with Gasteiger partial charge < -0.3 is 10.1 Å². The van der Waals surface area contributed by atoms with Gasteiger partial charge in [0.2, 0.25) is 0 Å². The van der Waals surface area contributed by atoms with Crippen LogP contribution >= 0.6 is 39.1 Å². The maximum Gasteiger partial charge on any atom is 0.306 e. The number of carbonyl (C=O) groups excluding carboxylic acids is 1. The average Bonchev–Trinajstić information content (AvgIpc) is 3.31. The minimum absolute atomic E-state index is 0.258. The van der Waals surface area contributed by atoms with Gasteiger partial charge >= 0.3 is 5.72 Å². The van der Waals surface area contributed by atoms with Crippen LogP contribution < -0.4 is 10.1 Å². The Morgan fingerprint density at radius 3 is 2.74 bits per heavy atom. The summed E-state index contributed by atoms with van der Waals surface area (Å²) in [7, 11) is 0. The molecule has 3 aromatic carbocycles. The Morgan fingerprint density at radius 2 is 1.94 bits per heavy atom. The van der Waals surface area contributed by atoms with Crippen LogP contribution in [-0.4, -0.2) is 16.6 Å². The van der Waals surface area contributed by atoms with Crippen molar-refractivity contribution >= 4 is 56.4 Å². The van der Waals surface area contributed by atoms with Crippen molar-refractivity contribution in [1.29, 1.82) is 0 Å². The van der Waals surface area contributed by atoms with Crippen molar-refractivity contribution in [3.8, 4) is 5.75 Å². The fourth-order valence-corrected chi connectivity index (χ4v) is 5.45. The molecule has 0 fully saturated rings. The van der Waals surface area contributed by atoms with Gasteiger partial charge in [-0.3, -0.25) is 4.79 Å². The summed E-state index contributed by atoms with van der Waals surface area (Å²) < 4.78 is 7.29. The van der Waals surface area contributed by atoms with Gasteiger partial charge in [-0.2, -0.15) is 5.10 Å². The van der Waals surface area contributed by atoms with Crippen LogP contribution in [0.3, 0.4) is 0 Å². The first-order chi connectivity index (χ1) is 15.0. The molecule has 0 unspecified atom stereocenters. The van der Waals surface area contributed by atoms with Crippen LogP contribution in [-0.2, 0) is 10.5 Å². The fourth-order valence-electron chi connectivity index (χ4n) is 4.54. The molecule has 1 amide bonds. The van der Waals surface area contributed by atoms with E-state index < -0.39 is 5.72 Å². The molecule has 8 heteroatoms. The van der Waals surface area contributed by atoms with Crippen molar-refractivity contribution in [3.05, 3.63) is 91.9 Å².